The van der Waals surface area contributed by atoms with Crippen molar-refractivity contribution in [1.29, 1.82) is 0 Å². The van der Waals surface area contributed by atoms with Crippen molar-refractivity contribution >= 4 is 17.6 Å². The van der Waals surface area contributed by atoms with E-state index >= 15 is 0 Å². The van der Waals surface area contributed by atoms with E-state index < -0.39 is 11.5 Å². The molecule has 4 rings (SSSR count). The Labute approximate surface area is 151 Å². The average molecular weight is 349 g/mol. The molecule has 0 bridgehead atoms. The predicted octanol–water partition coefficient (Wildman–Crippen LogP) is 3.14. The highest BCUT2D eigenvalue weighted by Crippen LogP contribution is 2.44. The maximum atomic E-state index is 12.6. The van der Waals surface area contributed by atoms with E-state index in [0.29, 0.717) is 30.9 Å². The summed E-state index contributed by atoms with van der Waals surface area (Å²) in [5.74, 6) is -0.168. The third-order valence-corrected chi connectivity index (χ3v) is 4.81. The number of ether oxygens (including phenoxy) is 2. The third-order valence-electron chi connectivity index (χ3n) is 4.81. The minimum atomic E-state index is -0.777. The van der Waals surface area contributed by atoms with Gasteiger partial charge in [0.15, 0.2) is 5.54 Å². The van der Waals surface area contributed by atoms with Crippen LogP contribution in [0.15, 0.2) is 60.7 Å². The molecule has 2 heterocycles. The molecule has 0 N–H and O–H groups in total. The molecule has 26 heavy (non-hydrogen) atoms. The normalized spacial score (nSPS) is 19.8. The molecule has 0 radical (unpaired) electrons. The number of fused-ring (bicyclic) bond motifs is 3. The first kappa shape index (κ1) is 16.4. The van der Waals surface area contributed by atoms with Gasteiger partial charge in [0.25, 0.3) is 0 Å². The van der Waals surface area contributed by atoms with E-state index in [-0.39, 0.29) is 5.97 Å². The van der Waals surface area contributed by atoms with Gasteiger partial charge in [0.2, 0.25) is 0 Å². The fraction of sp³-hybridized carbons (Fsp3) is 0.238. The summed E-state index contributed by atoms with van der Waals surface area (Å²) in [4.78, 5) is 26.9. The number of carbonyl (C=O) groups is 2. The summed E-state index contributed by atoms with van der Waals surface area (Å²) in [6, 6.07) is 14.4. The van der Waals surface area contributed by atoms with Crippen LogP contribution in [0.5, 0.6) is 5.75 Å². The molecule has 0 aromatic heterocycles. The SMILES string of the molecule is CCOC(=O)C12C=CCN1c1ccc(OC(=O)c3ccccc3)cc1C2. The lowest BCUT2D eigenvalue weighted by molar-refractivity contribution is -0.147. The number of carbonyl (C=O) groups excluding carboxylic acids is 2. The summed E-state index contributed by atoms with van der Waals surface area (Å²) < 4.78 is 10.8. The van der Waals surface area contributed by atoms with Crippen LogP contribution in [0.25, 0.3) is 0 Å². The highest BCUT2D eigenvalue weighted by atomic mass is 16.5. The van der Waals surface area contributed by atoms with Crippen molar-refractivity contribution in [3.8, 4) is 5.75 Å². The number of hydrogen-bond donors (Lipinski definition) is 0. The van der Waals surface area contributed by atoms with Crippen LogP contribution in [0.1, 0.15) is 22.8 Å². The molecule has 5 heteroatoms. The van der Waals surface area contributed by atoms with E-state index in [4.69, 9.17) is 9.47 Å². The summed E-state index contributed by atoms with van der Waals surface area (Å²) in [5.41, 5.74) is 1.67. The standard InChI is InChI=1S/C21H19NO4/c1-2-25-20(24)21-11-6-12-22(21)18-10-9-17(13-16(18)14-21)26-19(23)15-7-4-3-5-8-15/h3-11,13H,2,12,14H2,1H3. The van der Waals surface area contributed by atoms with Gasteiger partial charge >= 0.3 is 11.9 Å². The van der Waals surface area contributed by atoms with Gasteiger partial charge in [0, 0.05) is 18.7 Å². The molecule has 0 saturated carbocycles. The summed E-state index contributed by atoms with van der Waals surface area (Å²) in [7, 11) is 0. The fourth-order valence-corrected chi connectivity index (χ4v) is 3.64. The van der Waals surface area contributed by atoms with Gasteiger partial charge in [0.1, 0.15) is 5.75 Å². The molecule has 2 aliphatic rings. The highest BCUT2D eigenvalue weighted by Gasteiger charge is 2.51. The van der Waals surface area contributed by atoms with Crippen molar-refractivity contribution in [2.45, 2.75) is 18.9 Å². The molecule has 0 spiro atoms. The maximum absolute atomic E-state index is 12.6. The molecular formula is C21H19NO4. The lowest BCUT2D eigenvalue weighted by Gasteiger charge is -2.30. The maximum Gasteiger partial charge on any atom is 0.343 e. The number of benzene rings is 2. The topological polar surface area (TPSA) is 55.8 Å². The average Bonchev–Trinajstić information content (AvgIpc) is 3.19. The van der Waals surface area contributed by atoms with Crippen molar-refractivity contribution in [2.75, 3.05) is 18.1 Å². The Bertz CT molecular complexity index is 890. The number of nitrogens with zero attached hydrogens (tertiary/aromatic N) is 1. The number of anilines is 1. The Morgan fingerprint density at radius 3 is 2.73 bits per heavy atom. The molecular weight excluding hydrogens is 330 g/mol. The molecule has 1 unspecified atom stereocenters. The Morgan fingerprint density at radius 1 is 1.15 bits per heavy atom. The summed E-state index contributed by atoms with van der Waals surface area (Å²) in [6.45, 7) is 2.81. The summed E-state index contributed by atoms with van der Waals surface area (Å²) in [5, 5.41) is 0. The molecule has 0 saturated heterocycles. The van der Waals surface area contributed by atoms with Crippen molar-refractivity contribution in [3.63, 3.8) is 0 Å². The molecule has 0 amide bonds. The second kappa shape index (κ2) is 6.33. The van der Waals surface area contributed by atoms with Crippen LogP contribution in [0.4, 0.5) is 5.69 Å². The molecule has 1 atom stereocenters. The van der Waals surface area contributed by atoms with Crippen molar-refractivity contribution in [2.24, 2.45) is 0 Å². The van der Waals surface area contributed by atoms with Gasteiger partial charge < -0.3 is 14.4 Å². The quantitative estimate of drug-likeness (QED) is 0.482. The molecule has 0 fully saturated rings. The largest absolute Gasteiger partial charge is 0.464 e. The minimum Gasteiger partial charge on any atom is -0.464 e. The molecule has 0 aliphatic carbocycles. The van der Waals surface area contributed by atoms with Crippen LogP contribution in [0.3, 0.4) is 0 Å². The van der Waals surface area contributed by atoms with E-state index in [1.54, 1.807) is 37.3 Å². The van der Waals surface area contributed by atoms with E-state index in [1.807, 2.05) is 35.3 Å². The molecule has 5 nitrogen and oxygen atoms in total. The lowest BCUT2D eigenvalue weighted by atomic mass is 9.95. The molecule has 132 valence electrons. The Morgan fingerprint density at radius 2 is 1.96 bits per heavy atom. The summed E-state index contributed by atoms with van der Waals surface area (Å²) in [6.07, 6.45) is 4.41. The molecule has 2 aliphatic heterocycles. The van der Waals surface area contributed by atoms with Gasteiger partial charge in [-0.05, 0) is 48.9 Å². The van der Waals surface area contributed by atoms with Crippen molar-refractivity contribution < 1.29 is 19.1 Å². The second-order valence-corrected chi connectivity index (χ2v) is 6.38. The minimum absolute atomic E-state index is 0.243. The number of hydrogen-bond acceptors (Lipinski definition) is 5. The smallest absolute Gasteiger partial charge is 0.343 e. The molecule has 2 aromatic carbocycles. The fourth-order valence-electron chi connectivity index (χ4n) is 3.64. The van der Waals surface area contributed by atoms with Gasteiger partial charge in [0.05, 0.1) is 12.2 Å². The monoisotopic (exact) mass is 349 g/mol. The summed E-state index contributed by atoms with van der Waals surface area (Å²) >= 11 is 0. The first-order valence-electron chi connectivity index (χ1n) is 8.67. The second-order valence-electron chi connectivity index (χ2n) is 6.38. The number of esters is 2. The van der Waals surface area contributed by atoms with E-state index in [1.165, 1.54) is 0 Å². The van der Waals surface area contributed by atoms with Gasteiger partial charge in [-0.3, -0.25) is 0 Å². The Kier molecular flexibility index (Phi) is 3.99. The van der Waals surface area contributed by atoms with Gasteiger partial charge in [-0.1, -0.05) is 24.3 Å². The van der Waals surface area contributed by atoms with Crippen LogP contribution in [-0.4, -0.2) is 30.6 Å². The first-order valence-corrected chi connectivity index (χ1v) is 8.67. The highest BCUT2D eigenvalue weighted by molar-refractivity contribution is 5.94. The zero-order valence-electron chi connectivity index (χ0n) is 14.5. The Balaban J connectivity index is 1.59. The zero-order chi connectivity index (χ0) is 18.1. The van der Waals surface area contributed by atoms with Crippen LogP contribution < -0.4 is 9.64 Å². The van der Waals surface area contributed by atoms with Crippen LogP contribution in [-0.2, 0) is 16.0 Å². The van der Waals surface area contributed by atoms with Gasteiger partial charge in [-0.15, -0.1) is 0 Å². The predicted molar refractivity (Wildman–Crippen MR) is 97.4 cm³/mol. The van der Waals surface area contributed by atoms with Crippen LogP contribution in [0, 0.1) is 0 Å². The van der Waals surface area contributed by atoms with Gasteiger partial charge in [-0.2, -0.15) is 0 Å². The van der Waals surface area contributed by atoms with E-state index in [9.17, 15) is 9.59 Å². The van der Waals surface area contributed by atoms with Crippen LogP contribution >= 0.6 is 0 Å². The third kappa shape index (κ3) is 2.56. The van der Waals surface area contributed by atoms with E-state index in [0.717, 1.165) is 11.3 Å². The van der Waals surface area contributed by atoms with Crippen molar-refractivity contribution in [3.05, 3.63) is 71.8 Å². The lowest BCUT2D eigenvalue weighted by Crippen LogP contribution is -2.49. The van der Waals surface area contributed by atoms with Crippen LogP contribution in [0.2, 0.25) is 0 Å². The number of rotatable bonds is 4. The first-order chi connectivity index (χ1) is 12.6. The Hall–Kier alpha value is -3.08. The molecule has 2 aromatic rings. The van der Waals surface area contributed by atoms with E-state index in [2.05, 4.69) is 0 Å². The van der Waals surface area contributed by atoms with Crippen molar-refractivity contribution in [1.82, 2.24) is 0 Å². The van der Waals surface area contributed by atoms with Gasteiger partial charge in [-0.25, -0.2) is 9.59 Å². The zero-order valence-corrected chi connectivity index (χ0v) is 14.5.